The van der Waals surface area contributed by atoms with Gasteiger partial charge in [-0.25, -0.2) is 4.98 Å². The van der Waals surface area contributed by atoms with Crippen LogP contribution in [-0.2, 0) is 25.8 Å². The Balaban J connectivity index is 1.76. The third-order valence-electron chi connectivity index (χ3n) is 5.25. The lowest BCUT2D eigenvalue weighted by molar-refractivity contribution is 0.0286. The molecular formula is C18H22N4O3. The highest BCUT2D eigenvalue weighted by Crippen LogP contribution is 2.32. The molecule has 0 saturated carbocycles. The van der Waals surface area contributed by atoms with Crippen LogP contribution in [-0.4, -0.2) is 32.4 Å². The van der Waals surface area contributed by atoms with Gasteiger partial charge < -0.3 is 4.57 Å². The van der Waals surface area contributed by atoms with Crippen LogP contribution < -0.4 is 10.1 Å². The smallest absolute Gasteiger partial charge is 0.276 e. The lowest BCUT2D eigenvalue weighted by Gasteiger charge is -2.31. The number of rotatable bonds is 3. The van der Waals surface area contributed by atoms with Crippen LogP contribution >= 0.6 is 0 Å². The first kappa shape index (κ1) is 16.1. The van der Waals surface area contributed by atoms with Gasteiger partial charge in [0.2, 0.25) is 0 Å². The fraction of sp³-hybridized carbons (Fsp3) is 0.444. The predicted octanol–water partition coefficient (Wildman–Crippen LogP) is 2.57. The average Bonchev–Trinajstić information content (AvgIpc) is 3.01. The van der Waals surface area contributed by atoms with Crippen LogP contribution in [0.1, 0.15) is 47.1 Å². The Hall–Kier alpha value is -2.38. The van der Waals surface area contributed by atoms with Crippen LogP contribution in [0.3, 0.4) is 0 Å². The summed E-state index contributed by atoms with van der Waals surface area (Å²) in [6.45, 7) is 3.18. The van der Waals surface area contributed by atoms with Gasteiger partial charge in [-0.15, -0.1) is 5.23 Å². The molecule has 0 saturated heterocycles. The summed E-state index contributed by atoms with van der Waals surface area (Å²) in [5, 5.41) is 19.0. The highest BCUT2D eigenvalue weighted by Gasteiger charge is 2.32. The monoisotopic (exact) mass is 342 g/mol. The molecule has 7 nitrogen and oxygen atoms in total. The maximum atomic E-state index is 13.1. The van der Waals surface area contributed by atoms with E-state index >= 15 is 0 Å². The second-order valence-electron chi connectivity index (χ2n) is 6.59. The van der Waals surface area contributed by atoms with Crippen molar-refractivity contribution in [2.75, 3.05) is 16.7 Å². The number of anilines is 2. The van der Waals surface area contributed by atoms with Gasteiger partial charge in [-0.2, -0.15) is 0 Å². The standard InChI is InChI=1S/C18H22N4O3/c1-2-13-15(22(24)25)7-8-19-17(13)21-10-9-20-14-6-4-3-5-12(14)11-16(20)18(21)23/h7-8,11,24-25H,2-6,9-10H2,1H3. The van der Waals surface area contributed by atoms with E-state index < -0.39 is 0 Å². The summed E-state index contributed by atoms with van der Waals surface area (Å²) in [4.78, 5) is 19.1. The van der Waals surface area contributed by atoms with Crippen LogP contribution in [0.15, 0.2) is 18.3 Å². The van der Waals surface area contributed by atoms with E-state index in [-0.39, 0.29) is 16.8 Å². The number of carbonyl (C=O) groups is 1. The van der Waals surface area contributed by atoms with E-state index in [1.54, 1.807) is 4.90 Å². The number of fused-ring (bicyclic) bond motifs is 3. The Kier molecular flexibility index (Phi) is 3.97. The number of pyridine rings is 1. The Morgan fingerprint density at radius 2 is 2.04 bits per heavy atom. The van der Waals surface area contributed by atoms with Crippen molar-refractivity contribution in [3.8, 4) is 0 Å². The summed E-state index contributed by atoms with van der Waals surface area (Å²) in [6, 6.07) is 3.56. The van der Waals surface area contributed by atoms with E-state index in [0.717, 1.165) is 25.1 Å². The molecule has 1 aliphatic heterocycles. The van der Waals surface area contributed by atoms with Gasteiger partial charge in [-0.1, -0.05) is 6.92 Å². The second kappa shape index (κ2) is 6.16. The fourth-order valence-electron chi connectivity index (χ4n) is 4.07. The van der Waals surface area contributed by atoms with Crippen molar-refractivity contribution in [2.45, 2.75) is 45.6 Å². The van der Waals surface area contributed by atoms with Gasteiger partial charge >= 0.3 is 0 Å². The Labute approximate surface area is 146 Å². The number of amides is 1. The predicted molar refractivity (Wildman–Crippen MR) is 92.4 cm³/mol. The number of carbonyl (C=O) groups excluding carboxylic acids is 1. The molecular weight excluding hydrogens is 320 g/mol. The zero-order valence-corrected chi connectivity index (χ0v) is 14.3. The third-order valence-corrected chi connectivity index (χ3v) is 5.25. The van der Waals surface area contributed by atoms with E-state index in [1.165, 1.54) is 36.4 Å². The number of nitrogens with zero attached hydrogens (tertiary/aromatic N) is 4. The minimum atomic E-state index is -0.0672. The SMILES string of the molecule is CCc1c(N(O)O)ccnc1N1CCn2c(cc3c2CCCC3)C1=O. The van der Waals surface area contributed by atoms with Crippen molar-refractivity contribution >= 4 is 17.4 Å². The van der Waals surface area contributed by atoms with Crippen molar-refractivity contribution in [3.05, 3.63) is 40.8 Å². The Morgan fingerprint density at radius 1 is 1.24 bits per heavy atom. The first-order valence-corrected chi connectivity index (χ1v) is 8.80. The van der Waals surface area contributed by atoms with E-state index in [1.807, 2.05) is 13.0 Å². The van der Waals surface area contributed by atoms with Gasteiger partial charge in [0.25, 0.3) is 5.91 Å². The van der Waals surface area contributed by atoms with Crippen molar-refractivity contribution in [1.82, 2.24) is 9.55 Å². The fourth-order valence-corrected chi connectivity index (χ4v) is 4.07. The molecule has 2 N–H and O–H groups in total. The highest BCUT2D eigenvalue weighted by atomic mass is 16.8. The van der Waals surface area contributed by atoms with Crippen molar-refractivity contribution in [2.24, 2.45) is 0 Å². The molecule has 1 aliphatic carbocycles. The number of aryl methyl sites for hydroxylation is 1. The first-order valence-electron chi connectivity index (χ1n) is 8.80. The van der Waals surface area contributed by atoms with E-state index in [9.17, 15) is 15.2 Å². The second-order valence-corrected chi connectivity index (χ2v) is 6.59. The summed E-state index contributed by atoms with van der Waals surface area (Å²) in [7, 11) is 0. The third kappa shape index (κ3) is 2.51. The van der Waals surface area contributed by atoms with E-state index in [4.69, 9.17) is 0 Å². The zero-order valence-electron chi connectivity index (χ0n) is 14.3. The van der Waals surface area contributed by atoms with Gasteiger partial charge in [-0.3, -0.25) is 20.1 Å². The first-order chi connectivity index (χ1) is 12.1. The van der Waals surface area contributed by atoms with Crippen LogP contribution in [0.5, 0.6) is 0 Å². The molecule has 0 aromatic carbocycles. The number of aromatic nitrogens is 2. The molecule has 0 radical (unpaired) electrons. The minimum Gasteiger partial charge on any atom is -0.339 e. The molecule has 1 amide bonds. The molecule has 0 bridgehead atoms. The summed E-state index contributed by atoms with van der Waals surface area (Å²) >= 11 is 0. The molecule has 2 aromatic rings. The van der Waals surface area contributed by atoms with Gasteiger partial charge in [0.1, 0.15) is 17.2 Å². The molecule has 132 valence electrons. The Morgan fingerprint density at radius 3 is 2.80 bits per heavy atom. The normalized spacial score (nSPS) is 16.6. The maximum Gasteiger partial charge on any atom is 0.276 e. The van der Waals surface area contributed by atoms with Crippen LogP contribution in [0.4, 0.5) is 11.5 Å². The molecule has 25 heavy (non-hydrogen) atoms. The van der Waals surface area contributed by atoms with Gasteiger partial charge in [0, 0.05) is 30.5 Å². The molecule has 7 heteroatoms. The number of hydrogen-bond acceptors (Lipinski definition) is 5. The molecule has 3 heterocycles. The highest BCUT2D eigenvalue weighted by molar-refractivity contribution is 6.06. The van der Waals surface area contributed by atoms with Gasteiger partial charge in [-0.05, 0) is 49.8 Å². The lowest BCUT2D eigenvalue weighted by Crippen LogP contribution is -2.41. The topological polar surface area (TPSA) is 81.8 Å². The van der Waals surface area contributed by atoms with Gasteiger partial charge in [0.15, 0.2) is 0 Å². The summed E-state index contributed by atoms with van der Waals surface area (Å²) < 4.78 is 2.16. The average molecular weight is 342 g/mol. The van der Waals surface area contributed by atoms with Crippen LogP contribution in [0.25, 0.3) is 0 Å². The van der Waals surface area contributed by atoms with Crippen LogP contribution in [0.2, 0.25) is 0 Å². The molecule has 0 atom stereocenters. The molecule has 4 rings (SSSR count). The molecule has 0 spiro atoms. The minimum absolute atomic E-state index is 0.0672. The Bertz CT molecular complexity index is 828. The van der Waals surface area contributed by atoms with Crippen molar-refractivity contribution < 1.29 is 15.2 Å². The molecule has 2 aromatic heterocycles. The molecule has 0 fully saturated rings. The largest absolute Gasteiger partial charge is 0.339 e. The van der Waals surface area contributed by atoms with E-state index in [2.05, 4.69) is 9.55 Å². The van der Waals surface area contributed by atoms with Crippen molar-refractivity contribution in [1.29, 1.82) is 0 Å². The number of hydrogen-bond donors (Lipinski definition) is 2. The summed E-state index contributed by atoms with van der Waals surface area (Å²) in [6.07, 6.45) is 6.48. The lowest BCUT2D eigenvalue weighted by atomic mass is 9.98. The summed E-state index contributed by atoms with van der Waals surface area (Å²) in [5.74, 6) is 0.436. The van der Waals surface area contributed by atoms with Gasteiger partial charge in [0.05, 0.1) is 0 Å². The molecule has 2 aliphatic rings. The zero-order chi connectivity index (χ0) is 17.6. The van der Waals surface area contributed by atoms with Crippen LogP contribution in [0, 0.1) is 0 Å². The van der Waals surface area contributed by atoms with Crippen molar-refractivity contribution in [3.63, 3.8) is 0 Å². The summed E-state index contributed by atoms with van der Waals surface area (Å²) in [5.41, 5.74) is 4.22. The molecule has 0 unspecified atom stereocenters. The quantitative estimate of drug-likeness (QED) is 0.838. The maximum absolute atomic E-state index is 13.1. The van der Waals surface area contributed by atoms with E-state index in [0.29, 0.717) is 24.3 Å².